The molecule has 1 N–H and O–H groups in total. The van der Waals surface area contributed by atoms with Crippen molar-refractivity contribution in [1.29, 1.82) is 0 Å². The molecule has 18 heavy (non-hydrogen) atoms. The summed E-state index contributed by atoms with van der Waals surface area (Å²) in [5.74, 6) is 3.53. The van der Waals surface area contributed by atoms with Gasteiger partial charge >= 0.3 is 0 Å². The van der Waals surface area contributed by atoms with E-state index in [1.807, 2.05) is 7.05 Å². The zero-order chi connectivity index (χ0) is 13.1. The normalized spacial score (nSPS) is 24.0. The van der Waals surface area contributed by atoms with Crippen LogP contribution in [-0.4, -0.2) is 17.0 Å². The third kappa shape index (κ3) is 2.65. The minimum atomic E-state index is 0.568. The van der Waals surface area contributed by atoms with E-state index >= 15 is 0 Å². The quantitative estimate of drug-likeness (QED) is 0.885. The smallest absolute Gasteiger partial charge is 0.134 e. The molecule has 1 aliphatic carbocycles. The van der Waals surface area contributed by atoms with Gasteiger partial charge in [-0.15, -0.1) is 0 Å². The number of hydrogen-bond acceptors (Lipinski definition) is 3. The molecule has 1 aliphatic rings. The maximum absolute atomic E-state index is 4.75. The highest BCUT2D eigenvalue weighted by molar-refractivity contribution is 5.46. The van der Waals surface area contributed by atoms with Crippen molar-refractivity contribution in [1.82, 2.24) is 9.97 Å². The van der Waals surface area contributed by atoms with Crippen LogP contribution in [0.1, 0.15) is 62.5 Å². The van der Waals surface area contributed by atoms with Gasteiger partial charge in [-0.25, -0.2) is 9.97 Å². The van der Waals surface area contributed by atoms with Crippen molar-refractivity contribution in [2.45, 2.75) is 58.8 Å². The summed E-state index contributed by atoms with van der Waals surface area (Å²) in [5.41, 5.74) is 2.40. The predicted octanol–water partition coefficient (Wildman–Crippen LogP) is 3.68. The lowest BCUT2D eigenvalue weighted by Crippen LogP contribution is -2.16. The van der Waals surface area contributed by atoms with Gasteiger partial charge in [0.2, 0.25) is 0 Å². The summed E-state index contributed by atoms with van der Waals surface area (Å²) in [5, 5.41) is 3.22. The maximum Gasteiger partial charge on any atom is 0.134 e. The maximum atomic E-state index is 4.75. The topological polar surface area (TPSA) is 37.8 Å². The van der Waals surface area contributed by atoms with Crippen molar-refractivity contribution in [3.05, 3.63) is 17.1 Å². The second kappa shape index (κ2) is 5.68. The van der Waals surface area contributed by atoms with Crippen LogP contribution in [0.5, 0.6) is 0 Å². The van der Waals surface area contributed by atoms with E-state index in [1.54, 1.807) is 0 Å². The Balaban J connectivity index is 2.26. The molecule has 0 atom stereocenters. The Morgan fingerprint density at radius 2 is 1.83 bits per heavy atom. The van der Waals surface area contributed by atoms with Gasteiger partial charge in [-0.2, -0.15) is 0 Å². The van der Waals surface area contributed by atoms with Crippen molar-refractivity contribution in [2.75, 3.05) is 12.4 Å². The summed E-state index contributed by atoms with van der Waals surface area (Å²) in [6.45, 7) is 6.62. The molecule has 3 heteroatoms. The average molecular weight is 247 g/mol. The first kappa shape index (κ1) is 13.3. The Kier molecular flexibility index (Phi) is 4.20. The molecule has 0 aliphatic heterocycles. The van der Waals surface area contributed by atoms with Crippen LogP contribution in [0.15, 0.2) is 0 Å². The Morgan fingerprint density at radius 3 is 2.39 bits per heavy atom. The van der Waals surface area contributed by atoms with Gasteiger partial charge in [-0.05, 0) is 32.1 Å². The first-order chi connectivity index (χ1) is 8.65. The molecular weight excluding hydrogens is 222 g/mol. The molecule has 1 fully saturated rings. The second-order valence-electron chi connectivity index (χ2n) is 5.55. The lowest BCUT2D eigenvalue weighted by Gasteiger charge is -2.26. The van der Waals surface area contributed by atoms with E-state index in [0.29, 0.717) is 5.92 Å². The molecule has 3 nitrogen and oxygen atoms in total. The fourth-order valence-electron chi connectivity index (χ4n) is 2.95. The van der Waals surface area contributed by atoms with E-state index in [4.69, 9.17) is 9.97 Å². The monoisotopic (exact) mass is 247 g/mol. The summed E-state index contributed by atoms with van der Waals surface area (Å²) in [6.07, 6.45) is 6.11. The van der Waals surface area contributed by atoms with Crippen LogP contribution < -0.4 is 5.32 Å². The van der Waals surface area contributed by atoms with E-state index in [1.165, 1.54) is 31.2 Å². The first-order valence-electron chi connectivity index (χ1n) is 7.20. The fourth-order valence-corrected chi connectivity index (χ4v) is 2.95. The number of rotatable bonds is 3. The number of aryl methyl sites for hydroxylation is 1. The standard InChI is InChI=1S/C15H25N3/c1-5-13-11(3)17-14(18-15(13)16-4)12-8-6-10(2)7-9-12/h10,12H,5-9H2,1-4H3,(H,16,17,18). The van der Waals surface area contributed by atoms with Crippen molar-refractivity contribution in [3.8, 4) is 0 Å². The number of nitrogens with zero attached hydrogens (tertiary/aromatic N) is 2. The molecule has 1 heterocycles. The largest absolute Gasteiger partial charge is 0.373 e. The van der Waals surface area contributed by atoms with Gasteiger partial charge in [0.1, 0.15) is 11.6 Å². The van der Waals surface area contributed by atoms with Gasteiger partial charge in [-0.3, -0.25) is 0 Å². The molecule has 0 amide bonds. The highest BCUT2D eigenvalue weighted by atomic mass is 15.0. The highest BCUT2D eigenvalue weighted by Crippen LogP contribution is 2.34. The SMILES string of the molecule is CCc1c(C)nc(C2CCC(C)CC2)nc1NC. The van der Waals surface area contributed by atoms with Gasteiger partial charge < -0.3 is 5.32 Å². The van der Waals surface area contributed by atoms with E-state index in [0.717, 1.165) is 29.7 Å². The van der Waals surface area contributed by atoms with Crippen LogP contribution in [0, 0.1) is 12.8 Å². The van der Waals surface area contributed by atoms with E-state index in [-0.39, 0.29) is 0 Å². The predicted molar refractivity (Wildman–Crippen MR) is 76.1 cm³/mol. The van der Waals surface area contributed by atoms with Crippen molar-refractivity contribution in [2.24, 2.45) is 5.92 Å². The fraction of sp³-hybridized carbons (Fsp3) is 0.733. The molecule has 0 saturated heterocycles. The van der Waals surface area contributed by atoms with Crippen molar-refractivity contribution in [3.63, 3.8) is 0 Å². The van der Waals surface area contributed by atoms with Gasteiger partial charge in [0.25, 0.3) is 0 Å². The third-order valence-corrected chi connectivity index (χ3v) is 4.20. The molecule has 1 aromatic rings. The molecule has 0 spiro atoms. The molecule has 1 aromatic heterocycles. The van der Waals surface area contributed by atoms with Crippen LogP contribution in [-0.2, 0) is 6.42 Å². The van der Waals surface area contributed by atoms with Crippen molar-refractivity contribution < 1.29 is 0 Å². The van der Waals surface area contributed by atoms with Gasteiger partial charge in [0.05, 0.1) is 0 Å². The summed E-state index contributed by atoms with van der Waals surface area (Å²) in [6, 6.07) is 0. The number of hydrogen-bond donors (Lipinski definition) is 1. The molecule has 1 saturated carbocycles. The molecule has 2 rings (SSSR count). The number of nitrogens with one attached hydrogen (secondary N) is 1. The Morgan fingerprint density at radius 1 is 1.17 bits per heavy atom. The summed E-state index contributed by atoms with van der Waals surface area (Å²) >= 11 is 0. The minimum absolute atomic E-state index is 0.568. The van der Waals surface area contributed by atoms with Crippen LogP contribution in [0.3, 0.4) is 0 Å². The molecule has 0 bridgehead atoms. The van der Waals surface area contributed by atoms with Gasteiger partial charge in [0.15, 0.2) is 0 Å². The molecule has 0 unspecified atom stereocenters. The van der Waals surface area contributed by atoms with Crippen LogP contribution in [0.25, 0.3) is 0 Å². The summed E-state index contributed by atoms with van der Waals surface area (Å²) < 4.78 is 0. The average Bonchev–Trinajstić information content (AvgIpc) is 2.38. The highest BCUT2D eigenvalue weighted by Gasteiger charge is 2.23. The Labute approximate surface area is 110 Å². The molecular formula is C15H25N3. The second-order valence-corrected chi connectivity index (χ2v) is 5.55. The lowest BCUT2D eigenvalue weighted by molar-refractivity contribution is 0.339. The molecule has 0 aromatic carbocycles. The Bertz CT molecular complexity index is 406. The minimum Gasteiger partial charge on any atom is -0.373 e. The van der Waals surface area contributed by atoms with Crippen LogP contribution in [0.4, 0.5) is 5.82 Å². The third-order valence-electron chi connectivity index (χ3n) is 4.20. The van der Waals surface area contributed by atoms with Gasteiger partial charge in [0, 0.05) is 24.2 Å². The first-order valence-corrected chi connectivity index (χ1v) is 7.20. The number of aromatic nitrogens is 2. The zero-order valence-electron chi connectivity index (χ0n) is 12.1. The molecule has 0 radical (unpaired) electrons. The van der Waals surface area contributed by atoms with E-state index in [2.05, 4.69) is 26.1 Å². The van der Waals surface area contributed by atoms with E-state index in [9.17, 15) is 0 Å². The lowest BCUT2D eigenvalue weighted by atomic mass is 9.82. The van der Waals surface area contributed by atoms with Crippen molar-refractivity contribution >= 4 is 5.82 Å². The van der Waals surface area contributed by atoms with Crippen LogP contribution >= 0.6 is 0 Å². The molecule has 100 valence electrons. The number of anilines is 1. The summed E-state index contributed by atoms with van der Waals surface area (Å²) in [7, 11) is 1.95. The Hall–Kier alpha value is -1.12. The van der Waals surface area contributed by atoms with Crippen LogP contribution in [0.2, 0.25) is 0 Å². The van der Waals surface area contributed by atoms with E-state index < -0.39 is 0 Å². The summed E-state index contributed by atoms with van der Waals surface area (Å²) in [4.78, 5) is 9.50. The van der Waals surface area contributed by atoms with Gasteiger partial charge in [-0.1, -0.05) is 26.7 Å². The zero-order valence-corrected chi connectivity index (χ0v) is 12.1.